The lowest BCUT2D eigenvalue weighted by molar-refractivity contribution is 0.0355. The SMILES string of the molecule is CN=C(NCC1(NC(C)c2ccccc2)CCOCC1)NCC1(c2ccccc2)CC1. The molecule has 2 aromatic carbocycles. The number of nitrogens with one attached hydrogen (secondary N) is 3. The van der Waals surface area contributed by atoms with Crippen molar-refractivity contribution in [3.05, 3.63) is 71.8 Å². The Kier molecular flexibility index (Phi) is 6.93. The summed E-state index contributed by atoms with van der Waals surface area (Å²) in [4.78, 5) is 4.50. The summed E-state index contributed by atoms with van der Waals surface area (Å²) in [5, 5.41) is 11.1. The Morgan fingerprint density at radius 1 is 0.903 bits per heavy atom. The van der Waals surface area contributed by atoms with Crippen LogP contribution in [0.4, 0.5) is 0 Å². The number of benzene rings is 2. The normalized spacial score (nSPS) is 20.6. The average Bonchev–Trinajstić information content (AvgIpc) is 3.62. The molecule has 3 N–H and O–H groups in total. The van der Waals surface area contributed by atoms with Crippen LogP contribution in [0.1, 0.15) is 49.8 Å². The van der Waals surface area contributed by atoms with Gasteiger partial charge >= 0.3 is 0 Å². The fourth-order valence-electron chi connectivity index (χ4n) is 4.66. The van der Waals surface area contributed by atoms with Crippen LogP contribution in [0, 0.1) is 0 Å². The number of nitrogens with zero attached hydrogens (tertiary/aromatic N) is 1. The van der Waals surface area contributed by atoms with Crippen molar-refractivity contribution in [1.29, 1.82) is 0 Å². The van der Waals surface area contributed by atoms with Crippen molar-refractivity contribution < 1.29 is 4.74 Å². The van der Waals surface area contributed by atoms with Crippen molar-refractivity contribution >= 4 is 5.96 Å². The van der Waals surface area contributed by atoms with E-state index in [4.69, 9.17) is 4.74 Å². The predicted molar refractivity (Wildman–Crippen MR) is 127 cm³/mol. The molecule has 166 valence electrons. The topological polar surface area (TPSA) is 57.7 Å². The summed E-state index contributed by atoms with van der Waals surface area (Å²) in [6, 6.07) is 21.8. The van der Waals surface area contributed by atoms with Gasteiger partial charge in [0.1, 0.15) is 0 Å². The summed E-state index contributed by atoms with van der Waals surface area (Å²) < 4.78 is 5.68. The van der Waals surface area contributed by atoms with E-state index in [0.29, 0.717) is 0 Å². The summed E-state index contributed by atoms with van der Waals surface area (Å²) in [5.74, 6) is 0.877. The minimum Gasteiger partial charge on any atom is -0.381 e. The maximum absolute atomic E-state index is 5.68. The van der Waals surface area contributed by atoms with Gasteiger partial charge in [0.15, 0.2) is 5.96 Å². The third-order valence-corrected chi connectivity index (χ3v) is 6.92. The highest BCUT2D eigenvalue weighted by molar-refractivity contribution is 5.80. The van der Waals surface area contributed by atoms with Gasteiger partial charge in [-0.15, -0.1) is 0 Å². The second-order valence-corrected chi connectivity index (χ2v) is 9.10. The molecule has 0 spiro atoms. The number of ether oxygens (including phenoxy) is 1. The number of rotatable bonds is 8. The molecular formula is C26H36N4O. The number of hydrogen-bond donors (Lipinski definition) is 3. The molecule has 5 nitrogen and oxygen atoms in total. The molecule has 5 heteroatoms. The molecule has 4 rings (SSSR count). The molecule has 1 aliphatic heterocycles. The molecule has 1 unspecified atom stereocenters. The zero-order valence-electron chi connectivity index (χ0n) is 18.9. The predicted octanol–water partition coefficient (Wildman–Crippen LogP) is 3.78. The van der Waals surface area contributed by atoms with E-state index < -0.39 is 0 Å². The van der Waals surface area contributed by atoms with Crippen LogP contribution in [-0.2, 0) is 10.2 Å². The van der Waals surface area contributed by atoms with E-state index in [1.165, 1.54) is 24.0 Å². The van der Waals surface area contributed by atoms with Gasteiger partial charge in [0.25, 0.3) is 0 Å². The quantitative estimate of drug-likeness (QED) is 0.449. The molecular weight excluding hydrogens is 384 g/mol. The first-order chi connectivity index (χ1) is 15.1. The fourth-order valence-corrected chi connectivity index (χ4v) is 4.66. The highest BCUT2D eigenvalue weighted by Crippen LogP contribution is 2.47. The standard InChI is InChI=1S/C26H36N4O/c1-21(22-9-5-3-6-10-22)30-26(15-17-31-18-16-26)20-29-24(27-2)28-19-25(13-14-25)23-11-7-4-8-12-23/h3-12,21,30H,13-20H2,1-2H3,(H2,27,28,29). The molecule has 1 heterocycles. The first-order valence-corrected chi connectivity index (χ1v) is 11.6. The summed E-state index contributed by atoms with van der Waals surface area (Å²) in [6.07, 6.45) is 4.45. The van der Waals surface area contributed by atoms with E-state index in [9.17, 15) is 0 Å². The first kappa shape index (κ1) is 21.8. The van der Waals surface area contributed by atoms with Gasteiger partial charge in [0.05, 0.1) is 0 Å². The van der Waals surface area contributed by atoms with E-state index in [2.05, 4.69) is 88.5 Å². The molecule has 0 radical (unpaired) electrons. The molecule has 1 saturated heterocycles. The van der Waals surface area contributed by atoms with E-state index in [1.54, 1.807) is 0 Å². The summed E-state index contributed by atoms with van der Waals surface area (Å²) in [6.45, 7) is 5.57. The average molecular weight is 421 g/mol. The van der Waals surface area contributed by atoms with Crippen LogP contribution in [0.3, 0.4) is 0 Å². The van der Waals surface area contributed by atoms with Gasteiger partial charge in [-0.05, 0) is 43.7 Å². The largest absolute Gasteiger partial charge is 0.381 e. The third-order valence-electron chi connectivity index (χ3n) is 6.92. The van der Waals surface area contributed by atoms with Gasteiger partial charge < -0.3 is 20.7 Å². The molecule has 0 bridgehead atoms. The van der Waals surface area contributed by atoms with E-state index in [0.717, 1.165) is 45.1 Å². The van der Waals surface area contributed by atoms with E-state index in [1.807, 2.05) is 7.05 Å². The van der Waals surface area contributed by atoms with Crippen molar-refractivity contribution in [3.63, 3.8) is 0 Å². The summed E-state index contributed by atoms with van der Waals surface area (Å²) >= 11 is 0. The highest BCUT2D eigenvalue weighted by Gasteiger charge is 2.44. The minimum atomic E-state index is -0.0121. The molecule has 0 amide bonds. The zero-order chi connectivity index (χ0) is 21.6. The number of hydrogen-bond acceptors (Lipinski definition) is 3. The highest BCUT2D eigenvalue weighted by atomic mass is 16.5. The Hall–Kier alpha value is -2.37. The molecule has 1 aliphatic carbocycles. The monoisotopic (exact) mass is 420 g/mol. The number of aliphatic imine (C=N–C) groups is 1. The Morgan fingerprint density at radius 2 is 1.52 bits per heavy atom. The van der Waals surface area contributed by atoms with Crippen LogP contribution in [0.5, 0.6) is 0 Å². The summed E-state index contributed by atoms with van der Waals surface area (Å²) in [7, 11) is 1.86. The van der Waals surface area contributed by atoms with Gasteiger partial charge in [0, 0.05) is 50.3 Å². The second kappa shape index (κ2) is 9.84. The zero-order valence-corrected chi connectivity index (χ0v) is 18.9. The van der Waals surface area contributed by atoms with Crippen molar-refractivity contribution in [2.75, 3.05) is 33.4 Å². The van der Waals surface area contributed by atoms with Crippen molar-refractivity contribution in [2.24, 2.45) is 4.99 Å². The maximum Gasteiger partial charge on any atom is 0.191 e. The van der Waals surface area contributed by atoms with Gasteiger partial charge in [-0.1, -0.05) is 60.7 Å². The number of guanidine groups is 1. The van der Waals surface area contributed by atoms with Crippen LogP contribution in [0.25, 0.3) is 0 Å². The lowest BCUT2D eigenvalue weighted by Crippen LogP contribution is -2.58. The molecule has 0 aromatic heterocycles. The molecule has 2 aromatic rings. The smallest absolute Gasteiger partial charge is 0.191 e. The van der Waals surface area contributed by atoms with E-state index >= 15 is 0 Å². The van der Waals surface area contributed by atoms with Gasteiger partial charge in [-0.3, -0.25) is 4.99 Å². The van der Waals surface area contributed by atoms with Gasteiger partial charge in [-0.2, -0.15) is 0 Å². The minimum absolute atomic E-state index is 0.0121. The van der Waals surface area contributed by atoms with Crippen LogP contribution in [0.15, 0.2) is 65.7 Å². The van der Waals surface area contributed by atoms with Crippen LogP contribution < -0.4 is 16.0 Å². The summed E-state index contributed by atoms with van der Waals surface area (Å²) in [5.41, 5.74) is 2.99. The third kappa shape index (κ3) is 5.46. The van der Waals surface area contributed by atoms with Crippen LogP contribution >= 0.6 is 0 Å². The van der Waals surface area contributed by atoms with E-state index in [-0.39, 0.29) is 17.0 Å². The van der Waals surface area contributed by atoms with Crippen LogP contribution in [0.2, 0.25) is 0 Å². The maximum atomic E-state index is 5.68. The molecule has 1 saturated carbocycles. The van der Waals surface area contributed by atoms with Crippen LogP contribution in [-0.4, -0.2) is 44.8 Å². The lowest BCUT2D eigenvalue weighted by atomic mass is 9.88. The first-order valence-electron chi connectivity index (χ1n) is 11.6. The van der Waals surface area contributed by atoms with Crippen molar-refractivity contribution in [2.45, 2.75) is 49.6 Å². The molecule has 2 fully saturated rings. The Morgan fingerprint density at radius 3 is 2.13 bits per heavy atom. The van der Waals surface area contributed by atoms with Crippen molar-refractivity contribution in [1.82, 2.24) is 16.0 Å². The van der Waals surface area contributed by atoms with Crippen molar-refractivity contribution in [3.8, 4) is 0 Å². The Balaban J connectivity index is 1.36. The lowest BCUT2D eigenvalue weighted by Gasteiger charge is -2.41. The molecule has 2 aliphatic rings. The van der Waals surface area contributed by atoms with Gasteiger partial charge in [0.2, 0.25) is 0 Å². The second-order valence-electron chi connectivity index (χ2n) is 9.10. The van der Waals surface area contributed by atoms with Gasteiger partial charge in [-0.25, -0.2) is 0 Å². The molecule has 1 atom stereocenters. The Bertz CT molecular complexity index is 842. The molecule has 31 heavy (non-hydrogen) atoms. The Labute approximate surface area is 186 Å². The fraction of sp³-hybridized carbons (Fsp3) is 0.500.